The first kappa shape index (κ1) is 28.5. The van der Waals surface area contributed by atoms with Gasteiger partial charge in [0.15, 0.2) is 0 Å². The van der Waals surface area contributed by atoms with Crippen LogP contribution in [-0.2, 0) is 25.6 Å². The molecule has 3 amide bonds. The number of para-hydroxylation sites is 1. The molecule has 5 unspecified atom stereocenters. The van der Waals surface area contributed by atoms with Crippen LogP contribution >= 0.6 is 25.3 Å². The van der Waals surface area contributed by atoms with E-state index in [2.05, 4.69) is 46.2 Å². The lowest BCUT2D eigenvalue weighted by molar-refractivity contribution is -0.142. The summed E-state index contributed by atoms with van der Waals surface area (Å²) in [5.74, 6) is -3.26. The van der Waals surface area contributed by atoms with E-state index in [4.69, 9.17) is 5.73 Å². The number of rotatable bonds is 13. The molecule has 192 valence electrons. The highest BCUT2D eigenvalue weighted by Crippen LogP contribution is 2.19. The molecule has 0 aliphatic carbocycles. The molecule has 35 heavy (non-hydrogen) atoms. The first-order chi connectivity index (χ1) is 16.6. The van der Waals surface area contributed by atoms with Crippen LogP contribution in [0.1, 0.15) is 25.8 Å². The fourth-order valence-corrected chi connectivity index (χ4v) is 3.95. The quantitative estimate of drug-likeness (QED) is 0.178. The number of aromatic amines is 1. The van der Waals surface area contributed by atoms with Crippen LogP contribution in [0, 0.1) is 5.92 Å². The Hall–Kier alpha value is -2.70. The minimum absolute atomic E-state index is 0.0238. The molecule has 0 fully saturated rings. The number of amides is 3. The second-order valence-corrected chi connectivity index (χ2v) is 9.09. The monoisotopic (exact) mass is 523 g/mol. The number of benzene rings is 1. The van der Waals surface area contributed by atoms with Crippen LogP contribution in [0.15, 0.2) is 30.5 Å². The molecule has 0 aliphatic rings. The van der Waals surface area contributed by atoms with E-state index >= 15 is 0 Å². The number of carboxylic acids is 1. The van der Waals surface area contributed by atoms with Gasteiger partial charge in [-0.3, -0.25) is 14.4 Å². The zero-order chi connectivity index (χ0) is 26.1. The van der Waals surface area contributed by atoms with Crippen LogP contribution < -0.4 is 21.7 Å². The summed E-state index contributed by atoms with van der Waals surface area (Å²) in [5, 5.41) is 18.1. The predicted octanol–water partition coefficient (Wildman–Crippen LogP) is 0.482. The molecule has 1 aromatic heterocycles. The number of nitrogens with two attached hydrogens (primary N) is 1. The summed E-state index contributed by atoms with van der Waals surface area (Å²) in [4.78, 5) is 52.8. The number of nitrogens with one attached hydrogen (secondary N) is 4. The van der Waals surface area contributed by atoms with Gasteiger partial charge in [0.25, 0.3) is 0 Å². The van der Waals surface area contributed by atoms with Gasteiger partial charge in [0, 0.05) is 35.0 Å². The van der Waals surface area contributed by atoms with E-state index in [0.717, 1.165) is 16.5 Å². The molecule has 10 nitrogen and oxygen atoms in total. The predicted molar refractivity (Wildman–Crippen MR) is 141 cm³/mol. The van der Waals surface area contributed by atoms with E-state index in [1.54, 1.807) is 6.20 Å². The minimum atomic E-state index is -1.23. The van der Waals surface area contributed by atoms with Gasteiger partial charge in [-0.25, -0.2) is 4.79 Å². The highest BCUT2D eigenvalue weighted by Gasteiger charge is 2.30. The first-order valence-electron chi connectivity index (χ1n) is 11.3. The normalized spacial score (nSPS) is 15.5. The van der Waals surface area contributed by atoms with Crippen molar-refractivity contribution < 1.29 is 24.3 Å². The third kappa shape index (κ3) is 7.64. The maximum atomic E-state index is 12.8. The average Bonchev–Trinajstić information content (AvgIpc) is 3.26. The molecule has 5 atom stereocenters. The number of aromatic nitrogens is 1. The number of aliphatic carboxylic acids is 1. The molecule has 0 saturated carbocycles. The van der Waals surface area contributed by atoms with E-state index in [0.29, 0.717) is 6.42 Å². The van der Waals surface area contributed by atoms with Crippen LogP contribution in [0.2, 0.25) is 0 Å². The van der Waals surface area contributed by atoms with Gasteiger partial charge in [-0.1, -0.05) is 38.5 Å². The van der Waals surface area contributed by atoms with Crippen molar-refractivity contribution in [1.29, 1.82) is 0 Å². The second-order valence-electron chi connectivity index (χ2n) is 8.36. The van der Waals surface area contributed by atoms with E-state index in [9.17, 15) is 24.3 Å². The Bertz CT molecular complexity index is 1050. The third-order valence-corrected chi connectivity index (χ3v) is 6.63. The fraction of sp³-hybridized carbons (Fsp3) is 0.478. The van der Waals surface area contributed by atoms with Gasteiger partial charge in [-0.05, 0) is 17.5 Å². The Morgan fingerprint density at radius 3 is 2.06 bits per heavy atom. The Kier molecular flexibility index (Phi) is 10.9. The highest BCUT2D eigenvalue weighted by atomic mass is 32.1. The lowest BCUT2D eigenvalue weighted by Gasteiger charge is -2.24. The molecular weight excluding hydrogens is 490 g/mol. The first-order valence-corrected chi connectivity index (χ1v) is 12.6. The van der Waals surface area contributed by atoms with Crippen molar-refractivity contribution in [2.45, 2.75) is 50.9 Å². The molecule has 2 rings (SSSR count). The van der Waals surface area contributed by atoms with Crippen LogP contribution in [-0.4, -0.2) is 69.5 Å². The zero-order valence-electron chi connectivity index (χ0n) is 19.7. The number of H-pyrrole nitrogens is 1. The largest absolute Gasteiger partial charge is 0.480 e. The van der Waals surface area contributed by atoms with E-state index < -0.39 is 47.9 Å². The standard InChI is InChI=1S/C23H33N5O5S2/c1-3-12(2)19(24)22(31)28-18(11-35)21(30)27-17(10-34)20(29)26-16(23(32)33)8-13-9-25-15-7-5-4-6-14(13)15/h4-7,9,12,16-19,25,34-35H,3,8,10-11,24H2,1-2H3,(H,26,29)(H,27,30)(H,28,31)(H,32,33). The molecular formula is C23H33N5O5S2. The number of fused-ring (bicyclic) bond motifs is 1. The molecule has 2 aromatic rings. The van der Waals surface area contributed by atoms with Gasteiger partial charge in [0.05, 0.1) is 6.04 Å². The summed E-state index contributed by atoms with van der Waals surface area (Å²) in [6.07, 6.45) is 2.44. The van der Waals surface area contributed by atoms with Gasteiger partial charge >= 0.3 is 5.97 Å². The summed E-state index contributed by atoms with van der Waals surface area (Å²) < 4.78 is 0. The number of hydrogen-bond donors (Lipinski definition) is 8. The maximum Gasteiger partial charge on any atom is 0.326 e. The summed E-state index contributed by atoms with van der Waals surface area (Å²) in [6, 6.07) is 3.25. The number of carboxylic acid groups (broad SMARTS) is 1. The topological polar surface area (TPSA) is 166 Å². The molecule has 1 heterocycles. The van der Waals surface area contributed by atoms with Crippen molar-refractivity contribution in [2.24, 2.45) is 11.7 Å². The SMILES string of the molecule is CCC(C)C(N)C(=O)NC(CS)C(=O)NC(CS)C(=O)NC(Cc1c[nH]c2ccccc12)C(=O)O. The summed E-state index contributed by atoms with van der Waals surface area (Å²) in [5.41, 5.74) is 7.51. The molecule has 0 spiro atoms. The number of hydrogen-bond acceptors (Lipinski definition) is 7. The lowest BCUT2D eigenvalue weighted by atomic mass is 9.99. The van der Waals surface area contributed by atoms with E-state index in [1.165, 1.54) is 0 Å². The maximum absolute atomic E-state index is 12.8. The van der Waals surface area contributed by atoms with Crippen molar-refractivity contribution in [3.05, 3.63) is 36.0 Å². The van der Waals surface area contributed by atoms with Crippen LogP contribution in [0.3, 0.4) is 0 Å². The molecule has 0 saturated heterocycles. The Morgan fingerprint density at radius 1 is 0.971 bits per heavy atom. The molecule has 12 heteroatoms. The van der Waals surface area contributed by atoms with Gasteiger partial charge in [-0.15, -0.1) is 0 Å². The Balaban J connectivity index is 2.04. The van der Waals surface area contributed by atoms with Crippen molar-refractivity contribution in [1.82, 2.24) is 20.9 Å². The number of carbonyl (C=O) groups is 4. The molecule has 0 bridgehead atoms. The van der Waals surface area contributed by atoms with Crippen LogP contribution in [0.5, 0.6) is 0 Å². The van der Waals surface area contributed by atoms with Gasteiger partial charge in [-0.2, -0.15) is 25.3 Å². The molecule has 1 aromatic carbocycles. The van der Waals surface area contributed by atoms with Crippen LogP contribution in [0.4, 0.5) is 0 Å². The Morgan fingerprint density at radius 2 is 1.51 bits per heavy atom. The van der Waals surface area contributed by atoms with Crippen molar-refractivity contribution in [2.75, 3.05) is 11.5 Å². The van der Waals surface area contributed by atoms with Gasteiger partial charge < -0.3 is 31.8 Å². The van der Waals surface area contributed by atoms with Crippen molar-refractivity contribution in [3.63, 3.8) is 0 Å². The van der Waals surface area contributed by atoms with Gasteiger partial charge in [0.2, 0.25) is 17.7 Å². The van der Waals surface area contributed by atoms with E-state index in [-0.39, 0.29) is 23.8 Å². The molecule has 0 radical (unpaired) electrons. The molecule has 7 N–H and O–H groups in total. The summed E-state index contributed by atoms with van der Waals surface area (Å²) >= 11 is 8.25. The zero-order valence-corrected chi connectivity index (χ0v) is 21.4. The smallest absolute Gasteiger partial charge is 0.326 e. The average molecular weight is 524 g/mol. The van der Waals surface area contributed by atoms with Crippen molar-refractivity contribution in [3.8, 4) is 0 Å². The van der Waals surface area contributed by atoms with E-state index in [1.807, 2.05) is 38.1 Å². The van der Waals surface area contributed by atoms with Crippen molar-refractivity contribution >= 4 is 59.9 Å². The lowest BCUT2D eigenvalue weighted by Crippen LogP contribution is -2.58. The minimum Gasteiger partial charge on any atom is -0.480 e. The number of thiol groups is 2. The van der Waals surface area contributed by atoms with Crippen LogP contribution in [0.25, 0.3) is 10.9 Å². The molecule has 0 aliphatic heterocycles. The fourth-order valence-electron chi connectivity index (χ4n) is 3.43. The number of carbonyl (C=O) groups excluding carboxylic acids is 3. The summed E-state index contributed by atoms with van der Waals surface area (Å²) in [7, 11) is 0. The van der Waals surface area contributed by atoms with Gasteiger partial charge in [0.1, 0.15) is 18.1 Å². The Labute approximate surface area is 215 Å². The third-order valence-electron chi connectivity index (χ3n) is 5.90. The second kappa shape index (κ2) is 13.4. The highest BCUT2D eigenvalue weighted by molar-refractivity contribution is 7.80. The summed E-state index contributed by atoms with van der Waals surface area (Å²) in [6.45, 7) is 3.73.